The number of nitrogens with zero attached hydrogens (tertiary/aromatic N) is 2. The lowest BCUT2D eigenvalue weighted by Gasteiger charge is -2.33. The molecule has 0 saturated carbocycles. The molecule has 20 heavy (non-hydrogen) atoms. The Bertz CT molecular complexity index is 576. The third kappa shape index (κ3) is 2.93. The van der Waals surface area contributed by atoms with Crippen LogP contribution in [-0.4, -0.2) is 23.0 Å². The highest BCUT2D eigenvalue weighted by molar-refractivity contribution is 5.29. The molecule has 0 amide bonds. The van der Waals surface area contributed by atoms with E-state index >= 15 is 0 Å². The van der Waals surface area contributed by atoms with Gasteiger partial charge in [-0.15, -0.1) is 0 Å². The first-order valence-electron chi connectivity index (χ1n) is 7.41. The summed E-state index contributed by atoms with van der Waals surface area (Å²) in [5.74, 6) is 1.41. The maximum Gasteiger partial charge on any atom is 0.191 e. The van der Waals surface area contributed by atoms with Crippen molar-refractivity contribution in [1.82, 2.24) is 9.88 Å². The first-order valence-corrected chi connectivity index (χ1v) is 7.41. The smallest absolute Gasteiger partial charge is 0.191 e. The van der Waals surface area contributed by atoms with E-state index in [0.717, 1.165) is 31.2 Å². The number of hydrogen-bond donors (Lipinski definition) is 0. The highest BCUT2D eigenvalue weighted by Crippen LogP contribution is 2.29. The van der Waals surface area contributed by atoms with Gasteiger partial charge in [-0.2, -0.15) is 0 Å². The fourth-order valence-corrected chi connectivity index (χ4v) is 3.21. The van der Waals surface area contributed by atoms with E-state index in [9.17, 15) is 0 Å². The summed E-state index contributed by atoms with van der Waals surface area (Å²) in [5.41, 5.74) is 3.97. The van der Waals surface area contributed by atoms with Crippen LogP contribution in [0.1, 0.15) is 41.5 Å². The van der Waals surface area contributed by atoms with Crippen LogP contribution in [0.4, 0.5) is 0 Å². The van der Waals surface area contributed by atoms with E-state index in [-0.39, 0.29) is 0 Å². The molecule has 0 bridgehead atoms. The molecule has 0 aliphatic carbocycles. The predicted molar refractivity (Wildman–Crippen MR) is 79.7 cm³/mol. The van der Waals surface area contributed by atoms with Gasteiger partial charge < -0.3 is 4.42 Å². The minimum atomic E-state index is 0.651. The van der Waals surface area contributed by atoms with Gasteiger partial charge in [0.2, 0.25) is 0 Å². The first-order chi connectivity index (χ1) is 9.72. The highest BCUT2D eigenvalue weighted by Gasteiger charge is 2.22. The van der Waals surface area contributed by atoms with Gasteiger partial charge in [0.05, 0.1) is 5.69 Å². The molecule has 1 aliphatic heterocycles. The summed E-state index contributed by atoms with van der Waals surface area (Å²) < 4.78 is 5.30. The van der Waals surface area contributed by atoms with Crippen molar-refractivity contribution in [3.63, 3.8) is 0 Å². The molecule has 2 aromatic rings. The van der Waals surface area contributed by atoms with Crippen LogP contribution in [0.2, 0.25) is 0 Å². The third-order valence-corrected chi connectivity index (χ3v) is 4.19. The molecule has 0 spiro atoms. The predicted octanol–water partition coefficient (Wildman–Crippen LogP) is 3.67. The molecule has 106 valence electrons. The number of hydrogen-bond acceptors (Lipinski definition) is 3. The highest BCUT2D eigenvalue weighted by atomic mass is 16.3. The number of rotatable bonds is 3. The minimum absolute atomic E-state index is 0.651. The molecule has 0 N–H and O–H groups in total. The molecule has 1 saturated heterocycles. The number of aromatic nitrogens is 1. The Morgan fingerprint density at radius 2 is 2.15 bits per heavy atom. The molecule has 0 radical (unpaired) electrons. The monoisotopic (exact) mass is 270 g/mol. The van der Waals surface area contributed by atoms with E-state index in [4.69, 9.17) is 4.42 Å². The van der Waals surface area contributed by atoms with Crippen molar-refractivity contribution < 1.29 is 4.42 Å². The van der Waals surface area contributed by atoms with E-state index in [1.807, 2.05) is 6.92 Å². The Labute approximate surface area is 120 Å². The topological polar surface area (TPSA) is 29.3 Å². The maximum atomic E-state index is 5.30. The van der Waals surface area contributed by atoms with Crippen molar-refractivity contribution in [1.29, 1.82) is 0 Å². The van der Waals surface area contributed by atoms with E-state index in [1.54, 1.807) is 6.26 Å². The Kier molecular flexibility index (Phi) is 3.88. The van der Waals surface area contributed by atoms with Gasteiger partial charge >= 0.3 is 0 Å². The van der Waals surface area contributed by atoms with Gasteiger partial charge in [0.15, 0.2) is 5.89 Å². The fourth-order valence-electron chi connectivity index (χ4n) is 3.21. The summed E-state index contributed by atoms with van der Waals surface area (Å²) in [5, 5.41) is 0. The molecular weight excluding hydrogens is 248 g/mol. The molecule has 0 unspecified atom stereocenters. The lowest BCUT2D eigenvalue weighted by molar-refractivity contribution is 0.198. The molecule has 3 nitrogen and oxygen atoms in total. The number of piperidine rings is 1. The van der Waals surface area contributed by atoms with Gasteiger partial charge in [-0.3, -0.25) is 4.90 Å². The summed E-state index contributed by atoms with van der Waals surface area (Å²) in [7, 11) is 0. The van der Waals surface area contributed by atoms with Crippen LogP contribution in [0, 0.1) is 13.8 Å². The Morgan fingerprint density at radius 3 is 2.90 bits per heavy atom. The van der Waals surface area contributed by atoms with Crippen LogP contribution < -0.4 is 0 Å². The second kappa shape index (κ2) is 5.80. The van der Waals surface area contributed by atoms with Crippen molar-refractivity contribution in [3.8, 4) is 0 Å². The summed E-state index contributed by atoms with van der Waals surface area (Å²) >= 11 is 0. The van der Waals surface area contributed by atoms with Crippen LogP contribution >= 0.6 is 0 Å². The maximum absolute atomic E-state index is 5.30. The van der Waals surface area contributed by atoms with Gasteiger partial charge in [-0.1, -0.05) is 24.3 Å². The number of aryl methyl sites for hydroxylation is 2. The van der Waals surface area contributed by atoms with Gasteiger partial charge in [0.25, 0.3) is 0 Å². The van der Waals surface area contributed by atoms with Crippen LogP contribution in [0.15, 0.2) is 34.9 Å². The molecule has 1 atom stereocenters. The van der Waals surface area contributed by atoms with Crippen LogP contribution in [0.25, 0.3) is 0 Å². The SMILES string of the molecule is Cc1nc(CN2CCC[C@@H](c3ccccc3C)C2)co1. The zero-order valence-corrected chi connectivity index (χ0v) is 12.3. The van der Waals surface area contributed by atoms with Crippen molar-refractivity contribution >= 4 is 0 Å². The molecule has 1 aromatic carbocycles. The van der Waals surface area contributed by atoms with E-state index in [1.165, 1.54) is 24.0 Å². The van der Waals surface area contributed by atoms with Crippen LogP contribution in [0.5, 0.6) is 0 Å². The second-order valence-corrected chi connectivity index (χ2v) is 5.79. The van der Waals surface area contributed by atoms with E-state index in [0.29, 0.717) is 5.92 Å². The number of benzene rings is 1. The first kappa shape index (κ1) is 13.4. The molecule has 3 heteroatoms. The summed E-state index contributed by atoms with van der Waals surface area (Å²) in [6, 6.07) is 8.78. The number of likely N-dealkylation sites (tertiary alicyclic amines) is 1. The Balaban J connectivity index is 1.69. The van der Waals surface area contributed by atoms with Crippen molar-refractivity contribution in [2.24, 2.45) is 0 Å². The largest absolute Gasteiger partial charge is 0.449 e. The molecular formula is C17H22N2O. The fraction of sp³-hybridized carbons (Fsp3) is 0.471. The Hall–Kier alpha value is -1.61. The average Bonchev–Trinajstić information content (AvgIpc) is 2.85. The van der Waals surface area contributed by atoms with Crippen molar-refractivity contribution in [2.45, 2.75) is 39.2 Å². The summed E-state index contributed by atoms with van der Waals surface area (Å²) in [6.45, 7) is 7.30. The van der Waals surface area contributed by atoms with Crippen molar-refractivity contribution in [2.75, 3.05) is 13.1 Å². The van der Waals surface area contributed by atoms with Gasteiger partial charge in [-0.25, -0.2) is 4.98 Å². The second-order valence-electron chi connectivity index (χ2n) is 5.79. The normalized spacial score (nSPS) is 20.2. The zero-order valence-electron chi connectivity index (χ0n) is 12.3. The lowest BCUT2D eigenvalue weighted by atomic mass is 9.88. The van der Waals surface area contributed by atoms with Crippen molar-refractivity contribution in [3.05, 3.63) is 53.2 Å². The Morgan fingerprint density at radius 1 is 1.30 bits per heavy atom. The minimum Gasteiger partial charge on any atom is -0.449 e. The summed E-state index contributed by atoms with van der Waals surface area (Å²) in [4.78, 5) is 6.91. The lowest BCUT2D eigenvalue weighted by Crippen LogP contribution is -2.34. The molecule has 1 fully saturated rings. The average molecular weight is 270 g/mol. The molecule has 3 rings (SSSR count). The van der Waals surface area contributed by atoms with Gasteiger partial charge in [-0.05, 0) is 43.4 Å². The molecule has 1 aromatic heterocycles. The molecule has 1 aliphatic rings. The molecule has 2 heterocycles. The quantitative estimate of drug-likeness (QED) is 0.852. The van der Waals surface area contributed by atoms with Crippen LogP contribution in [-0.2, 0) is 6.54 Å². The number of oxazole rings is 1. The third-order valence-electron chi connectivity index (χ3n) is 4.19. The van der Waals surface area contributed by atoms with E-state index in [2.05, 4.69) is 41.1 Å². The standard InChI is InChI=1S/C17H22N2O/c1-13-6-3-4-8-17(13)15-7-5-9-19(10-15)11-16-12-20-14(2)18-16/h3-4,6,8,12,15H,5,7,9-11H2,1-2H3/t15-/m1/s1. The zero-order chi connectivity index (χ0) is 13.9. The summed E-state index contributed by atoms with van der Waals surface area (Å²) in [6.07, 6.45) is 4.34. The van der Waals surface area contributed by atoms with Crippen LogP contribution in [0.3, 0.4) is 0 Å². The van der Waals surface area contributed by atoms with E-state index < -0.39 is 0 Å². The van der Waals surface area contributed by atoms with Gasteiger partial charge in [0.1, 0.15) is 6.26 Å². The van der Waals surface area contributed by atoms with Gasteiger partial charge in [0, 0.05) is 20.0 Å².